The van der Waals surface area contributed by atoms with Crippen molar-refractivity contribution in [2.75, 3.05) is 19.7 Å². The van der Waals surface area contributed by atoms with E-state index in [4.69, 9.17) is 20.8 Å². The van der Waals surface area contributed by atoms with E-state index in [-0.39, 0.29) is 11.8 Å². The standard InChI is InChI=1S/C19H23ClN2O3/c1-3-4-11-24-13(2)19(23)22-9-7-14(8-10-22)18-21-16-12-15(20)5-6-17(16)25-18/h3,5-6,12-14H,1,4,7-11H2,2H3. The topological polar surface area (TPSA) is 55.6 Å². The third kappa shape index (κ3) is 4.22. The second kappa shape index (κ2) is 8.02. The molecule has 5 nitrogen and oxygen atoms in total. The fraction of sp³-hybridized carbons (Fsp3) is 0.474. The molecule has 134 valence electrons. The normalized spacial score (nSPS) is 17.0. The molecule has 6 heteroatoms. The number of fused-ring (bicyclic) bond motifs is 1. The molecule has 0 radical (unpaired) electrons. The van der Waals surface area contributed by atoms with Gasteiger partial charge in [-0.1, -0.05) is 17.7 Å². The minimum Gasteiger partial charge on any atom is -0.440 e. The molecule has 0 N–H and O–H groups in total. The van der Waals surface area contributed by atoms with E-state index in [0.29, 0.717) is 24.7 Å². The Kier molecular flexibility index (Phi) is 5.76. The summed E-state index contributed by atoms with van der Waals surface area (Å²) in [5.41, 5.74) is 1.53. The number of rotatable bonds is 6. The smallest absolute Gasteiger partial charge is 0.251 e. The monoisotopic (exact) mass is 362 g/mol. The third-order valence-electron chi connectivity index (χ3n) is 4.56. The van der Waals surface area contributed by atoms with E-state index in [1.807, 2.05) is 24.0 Å². The number of hydrogen-bond acceptors (Lipinski definition) is 4. The van der Waals surface area contributed by atoms with E-state index in [1.54, 1.807) is 12.1 Å². The molecule has 1 aliphatic rings. The van der Waals surface area contributed by atoms with Crippen LogP contribution in [0.3, 0.4) is 0 Å². The highest BCUT2D eigenvalue weighted by Crippen LogP contribution is 2.31. The number of aromatic nitrogens is 1. The number of likely N-dealkylation sites (tertiary alicyclic amines) is 1. The SMILES string of the molecule is C=CCCOC(C)C(=O)N1CCC(c2nc3cc(Cl)ccc3o2)CC1. The summed E-state index contributed by atoms with van der Waals surface area (Å²) >= 11 is 6.00. The first-order valence-electron chi connectivity index (χ1n) is 8.65. The van der Waals surface area contributed by atoms with E-state index in [9.17, 15) is 4.79 Å². The van der Waals surface area contributed by atoms with Crippen molar-refractivity contribution in [1.29, 1.82) is 0 Å². The number of nitrogens with zero attached hydrogens (tertiary/aromatic N) is 2. The summed E-state index contributed by atoms with van der Waals surface area (Å²) in [6.45, 7) is 7.37. The van der Waals surface area contributed by atoms with Crippen molar-refractivity contribution in [3.63, 3.8) is 0 Å². The number of piperidine rings is 1. The van der Waals surface area contributed by atoms with Gasteiger partial charge in [-0.25, -0.2) is 4.98 Å². The molecule has 1 aromatic heterocycles. The average Bonchev–Trinajstić information content (AvgIpc) is 3.04. The molecule has 3 rings (SSSR count). The van der Waals surface area contributed by atoms with Gasteiger partial charge in [0.1, 0.15) is 11.6 Å². The predicted octanol–water partition coefficient (Wildman–Crippen LogP) is 4.17. The van der Waals surface area contributed by atoms with E-state index >= 15 is 0 Å². The Morgan fingerprint density at radius 2 is 2.28 bits per heavy atom. The minimum atomic E-state index is -0.414. The summed E-state index contributed by atoms with van der Waals surface area (Å²) in [6, 6.07) is 5.45. The lowest BCUT2D eigenvalue weighted by Crippen LogP contribution is -2.43. The van der Waals surface area contributed by atoms with Gasteiger partial charge < -0.3 is 14.1 Å². The zero-order valence-corrected chi connectivity index (χ0v) is 15.2. The van der Waals surface area contributed by atoms with Crippen molar-refractivity contribution in [3.8, 4) is 0 Å². The molecule has 0 aliphatic carbocycles. The fourth-order valence-electron chi connectivity index (χ4n) is 3.10. The summed E-state index contributed by atoms with van der Waals surface area (Å²) in [4.78, 5) is 18.9. The van der Waals surface area contributed by atoms with Gasteiger partial charge in [0.05, 0.1) is 6.61 Å². The highest BCUT2D eigenvalue weighted by Gasteiger charge is 2.29. The van der Waals surface area contributed by atoms with Gasteiger partial charge in [0.15, 0.2) is 11.5 Å². The highest BCUT2D eigenvalue weighted by atomic mass is 35.5. The highest BCUT2D eigenvalue weighted by molar-refractivity contribution is 6.31. The maximum atomic E-state index is 12.4. The molecule has 25 heavy (non-hydrogen) atoms. The van der Waals surface area contributed by atoms with Crippen molar-refractivity contribution < 1.29 is 13.9 Å². The molecule has 1 amide bonds. The Morgan fingerprint density at radius 1 is 1.52 bits per heavy atom. The number of halogens is 1. The minimum absolute atomic E-state index is 0.0480. The molecule has 0 spiro atoms. The van der Waals surface area contributed by atoms with Gasteiger partial charge in [0.25, 0.3) is 5.91 Å². The molecule has 0 bridgehead atoms. The predicted molar refractivity (Wildman–Crippen MR) is 97.8 cm³/mol. The number of amides is 1. The Morgan fingerprint density at radius 3 is 3.00 bits per heavy atom. The lowest BCUT2D eigenvalue weighted by atomic mass is 9.96. The second-order valence-corrected chi connectivity index (χ2v) is 6.79. The van der Waals surface area contributed by atoms with Crippen LogP contribution < -0.4 is 0 Å². The summed E-state index contributed by atoms with van der Waals surface area (Å²) in [6.07, 6.45) is 3.80. The van der Waals surface area contributed by atoms with Crippen LogP contribution in [0.1, 0.15) is 38.0 Å². The molecule has 1 aliphatic heterocycles. The molecule has 0 saturated carbocycles. The molecule has 2 aromatic rings. The molecule has 1 atom stereocenters. The maximum Gasteiger partial charge on any atom is 0.251 e. The molecule has 1 fully saturated rings. The fourth-order valence-corrected chi connectivity index (χ4v) is 3.26. The molecule has 1 aromatic carbocycles. The van der Waals surface area contributed by atoms with Crippen LogP contribution in [0.15, 0.2) is 35.3 Å². The van der Waals surface area contributed by atoms with Crippen LogP contribution in [0.4, 0.5) is 0 Å². The summed E-state index contributed by atoms with van der Waals surface area (Å²) in [5, 5.41) is 0.651. The molecular weight excluding hydrogens is 340 g/mol. The van der Waals surface area contributed by atoms with E-state index in [0.717, 1.165) is 36.3 Å². The number of hydrogen-bond donors (Lipinski definition) is 0. The Hall–Kier alpha value is -1.85. The zero-order valence-electron chi connectivity index (χ0n) is 14.4. The third-order valence-corrected chi connectivity index (χ3v) is 4.79. The molecule has 1 saturated heterocycles. The Balaban J connectivity index is 1.57. The second-order valence-electron chi connectivity index (χ2n) is 6.35. The Labute approximate surface area is 152 Å². The first kappa shape index (κ1) is 18.0. The summed E-state index contributed by atoms with van der Waals surface area (Å²) in [7, 11) is 0. The van der Waals surface area contributed by atoms with Crippen LogP contribution in [0.5, 0.6) is 0 Å². The van der Waals surface area contributed by atoms with E-state index in [1.165, 1.54) is 0 Å². The average molecular weight is 363 g/mol. The van der Waals surface area contributed by atoms with Crippen LogP contribution in [-0.4, -0.2) is 41.6 Å². The number of oxazole rings is 1. The maximum absolute atomic E-state index is 12.4. The number of ether oxygens (including phenoxy) is 1. The zero-order chi connectivity index (χ0) is 17.8. The van der Waals surface area contributed by atoms with Gasteiger partial charge in [-0.05, 0) is 44.4 Å². The lowest BCUT2D eigenvalue weighted by molar-refractivity contribution is -0.143. The molecule has 2 heterocycles. The van der Waals surface area contributed by atoms with Crippen molar-refractivity contribution in [2.24, 2.45) is 0 Å². The largest absolute Gasteiger partial charge is 0.440 e. The summed E-state index contributed by atoms with van der Waals surface area (Å²) in [5.74, 6) is 1.01. The van der Waals surface area contributed by atoms with Crippen molar-refractivity contribution in [2.45, 2.75) is 38.2 Å². The van der Waals surface area contributed by atoms with Gasteiger partial charge in [-0.2, -0.15) is 0 Å². The first-order valence-corrected chi connectivity index (χ1v) is 9.03. The van der Waals surface area contributed by atoms with E-state index < -0.39 is 6.10 Å². The van der Waals surface area contributed by atoms with Crippen molar-refractivity contribution in [1.82, 2.24) is 9.88 Å². The Bertz CT molecular complexity index is 750. The summed E-state index contributed by atoms with van der Waals surface area (Å²) < 4.78 is 11.4. The van der Waals surface area contributed by atoms with Gasteiger partial charge in [-0.15, -0.1) is 6.58 Å². The molecule has 1 unspecified atom stereocenters. The van der Waals surface area contributed by atoms with Crippen LogP contribution in [0.2, 0.25) is 5.02 Å². The molecular formula is C19H23ClN2O3. The van der Waals surface area contributed by atoms with Crippen LogP contribution in [0, 0.1) is 0 Å². The quantitative estimate of drug-likeness (QED) is 0.571. The van der Waals surface area contributed by atoms with Crippen molar-refractivity contribution in [3.05, 3.63) is 41.8 Å². The first-order chi connectivity index (χ1) is 12.1. The lowest BCUT2D eigenvalue weighted by Gasteiger charge is -2.32. The number of benzene rings is 1. The number of carbonyl (C=O) groups is 1. The van der Waals surface area contributed by atoms with Gasteiger partial charge in [0, 0.05) is 24.0 Å². The van der Waals surface area contributed by atoms with E-state index in [2.05, 4.69) is 11.6 Å². The van der Waals surface area contributed by atoms with Crippen LogP contribution in [0.25, 0.3) is 11.1 Å². The number of carbonyl (C=O) groups excluding carboxylic acids is 1. The van der Waals surface area contributed by atoms with Gasteiger partial charge >= 0.3 is 0 Å². The van der Waals surface area contributed by atoms with Crippen molar-refractivity contribution >= 4 is 28.6 Å². The van der Waals surface area contributed by atoms with Crippen LogP contribution >= 0.6 is 11.6 Å². The van der Waals surface area contributed by atoms with Gasteiger partial charge in [-0.3, -0.25) is 4.79 Å². The van der Waals surface area contributed by atoms with Crippen LogP contribution in [-0.2, 0) is 9.53 Å². The van der Waals surface area contributed by atoms with Gasteiger partial charge in [0.2, 0.25) is 0 Å².